The van der Waals surface area contributed by atoms with Crippen molar-refractivity contribution in [3.63, 3.8) is 0 Å². The van der Waals surface area contributed by atoms with Crippen LogP contribution in [0, 0.1) is 5.92 Å². The van der Waals surface area contributed by atoms with Gasteiger partial charge in [-0.05, 0) is 43.4 Å². The van der Waals surface area contributed by atoms with Gasteiger partial charge in [0.15, 0.2) is 0 Å². The number of benzene rings is 1. The minimum atomic E-state index is -0.332. The number of carbonyl (C=O) groups excluding carboxylic acids is 2. The predicted octanol–water partition coefficient (Wildman–Crippen LogP) is 3.37. The molecule has 0 heterocycles. The van der Waals surface area contributed by atoms with Crippen molar-refractivity contribution in [2.24, 2.45) is 5.92 Å². The standard InChI is InChI=1S/C18H24N2O3/c1-2-23-17(21)16-9-7-15(8-10-16)13-20-18(22)19-12-11-14-5-3-4-6-14/h7-12,14H,2-6,13H2,1H3,(H2,19,20,22)/b12-11+. The van der Waals surface area contributed by atoms with Gasteiger partial charge in [-0.15, -0.1) is 0 Å². The molecule has 1 aliphatic rings. The van der Waals surface area contributed by atoms with Crippen LogP contribution in [0.4, 0.5) is 4.79 Å². The number of hydrogen-bond donors (Lipinski definition) is 2. The van der Waals surface area contributed by atoms with Crippen molar-refractivity contribution in [3.05, 3.63) is 47.7 Å². The molecular formula is C18H24N2O3. The third-order valence-corrected chi connectivity index (χ3v) is 3.90. The fraction of sp³-hybridized carbons (Fsp3) is 0.444. The number of esters is 1. The summed E-state index contributed by atoms with van der Waals surface area (Å²) < 4.78 is 4.93. The van der Waals surface area contributed by atoms with Crippen molar-refractivity contribution in [1.29, 1.82) is 0 Å². The van der Waals surface area contributed by atoms with Crippen LogP contribution in [0.25, 0.3) is 0 Å². The van der Waals surface area contributed by atoms with Crippen LogP contribution < -0.4 is 10.6 Å². The molecule has 0 unspecified atom stereocenters. The molecule has 0 atom stereocenters. The molecule has 23 heavy (non-hydrogen) atoms. The predicted molar refractivity (Wildman–Crippen MR) is 88.9 cm³/mol. The van der Waals surface area contributed by atoms with E-state index in [1.165, 1.54) is 25.7 Å². The van der Waals surface area contributed by atoms with E-state index in [-0.39, 0.29) is 12.0 Å². The number of carbonyl (C=O) groups is 2. The van der Waals surface area contributed by atoms with Gasteiger partial charge >= 0.3 is 12.0 Å². The lowest BCUT2D eigenvalue weighted by atomic mass is 10.1. The Hall–Kier alpha value is -2.30. The summed E-state index contributed by atoms with van der Waals surface area (Å²) in [5.74, 6) is 0.271. The first-order valence-electron chi connectivity index (χ1n) is 8.16. The highest BCUT2D eigenvalue weighted by Crippen LogP contribution is 2.25. The number of rotatable bonds is 6. The lowest BCUT2D eigenvalue weighted by molar-refractivity contribution is 0.0526. The lowest BCUT2D eigenvalue weighted by Crippen LogP contribution is -2.31. The Morgan fingerprint density at radius 1 is 1.22 bits per heavy atom. The van der Waals surface area contributed by atoms with Crippen LogP contribution in [0.1, 0.15) is 48.5 Å². The van der Waals surface area contributed by atoms with Gasteiger partial charge in [0, 0.05) is 12.7 Å². The van der Waals surface area contributed by atoms with E-state index in [2.05, 4.69) is 16.7 Å². The molecule has 1 saturated carbocycles. The molecule has 2 N–H and O–H groups in total. The molecule has 0 spiro atoms. The van der Waals surface area contributed by atoms with E-state index in [0.29, 0.717) is 24.6 Å². The Bertz CT molecular complexity index is 546. The highest BCUT2D eigenvalue weighted by molar-refractivity contribution is 5.89. The van der Waals surface area contributed by atoms with Crippen LogP contribution in [-0.2, 0) is 11.3 Å². The first-order chi connectivity index (χ1) is 11.2. The third-order valence-electron chi connectivity index (χ3n) is 3.90. The number of urea groups is 1. The summed E-state index contributed by atoms with van der Waals surface area (Å²) in [5.41, 5.74) is 1.44. The van der Waals surface area contributed by atoms with Crippen LogP contribution in [0.2, 0.25) is 0 Å². The second-order valence-corrected chi connectivity index (χ2v) is 5.65. The van der Waals surface area contributed by atoms with Crippen molar-refractivity contribution in [2.45, 2.75) is 39.2 Å². The third kappa shape index (κ3) is 5.77. The van der Waals surface area contributed by atoms with Gasteiger partial charge in [0.1, 0.15) is 0 Å². The Labute approximate surface area is 137 Å². The van der Waals surface area contributed by atoms with Crippen LogP contribution in [0.15, 0.2) is 36.5 Å². The number of amides is 2. The van der Waals surface area contributed by atoms with Gasteiger partial charge in [-0.2, -0.15) is 0 Å². The van der Waals surface area contributed by atoms with Gasteiger partial charge in [0.2, 0.25) is 0 Å². The van der Waals surface area contributed by atoms with Gasteiger partial charge in [-0.1, -0.05) is 31.1 Å². The van der Waals surface area contributed by atoms with Crippen LogP contribution >= 0.6 is 0 Å². The van der Waals surface area contributed by atoms with E-state index in [9.17, 15) is 9.59 Å². The summed E-state index contributed by atoms with van der Waals surface area (Å²) in [6.07, 6.45) is 8.79. The van der Waals surface area contributed by atoms with E-state index in [1.807, 2.05) is 0 Å². The van der Waals surface area contributed by atoms with E-state index in [4.69, 9.17) is 4.74 Å². The SMILES string of the molecule is CCOC(=O)c1ccc(CNC(=O)N/C=C/C2CCCC2)cc1. The van der Waals surface area contributed by atoms with Gasteiger partial charge in [0.25, 0.3) is 0 Å². The molecule has 0 radical (unpaired) electrons. The Morgan fingerprint density at radius 2 is 1.91 bits per heavy atom. The molecule has 0 aliphatic heterocycles. The summed E-state index contributed by atoms with van der Waals surface area (Å²) in [6.45, 7) is 2.54. The fourth-order valence-corrected chi connectivity index (χ4v) is 2.62. The van der Waals surface area contributed by atoms with E-state index >= 15 is 0 Å². The highest BCUT2D eigenvalue weighted by atomic mass is 16.5. The van der Waals surface area contributed by atoms with Gasteiger partial charge < -0.3 is 15.4 Å². The molecule has 124 valence electrons. The molecule has 2 rings (SSSR count). The second-order valence-electron chi connectivity index (χ2n) is 5.65. The molecular weight excluding hydrogens is 292 g/mol. The summed E-state index contributed by atoms with van der Waals surface area (Å²) in [4.78, 5) is 23.2. The molecule has 1 aromatic rings. The molecule has 5 heteroatoms. The molecule has 0 aromatic heterocycles. The molecule has 1 aliphatic carbocycles. The number of ether oxygens (including phenoxy) is 1. The summed E-state index contributed by atoms with van der Waals surface area (Å²) >= 11 is 0. The van der Waals surface area contributed by atoms with Crippen molar-refractivity contribution < 1.29 is 14.3 Å². The van der Waals surface area contributed by atoms with Crippen molar-refractivity contribution in [3.8, 4) is 0 Å². The quantitative estimate of drug-likeness (QED) is 0.791. The average molecular weight is 316 g/mol. The monoisotopic (exact) mass is 316 g/mol. The minimum Gasteiger partial charge on any atom is -0.462 e. The Kier molecular flexibility index (Phi) is 6.66. The van der Waals surface area contributed by atoms with Gasteiger partial charge in [-0.25, -0.2) is 9.59 Å². The van der Waals surface area contributed by atoms with Gasteiger partial charge in [-0.3, -0.25) is 0 Å². The average Bonchev–Trinajstić information content (AvgIpc) is 3.07. The topological polar surface area (TPSA) is 67.4 Å². The normalized spacial score (nSPS) is 14.8. The van der Waals surface area contributed by atoms with Crippen LogP contribution in [0.5, 0.6) is 0 Å². The van der Waals surface area contributed by atoms with Gasteiger partial charge in [0.05, 0.1) is 12.2 Å². The fourth-order valence-electron chi connectivity index (χ4n) is 2.62. The smallest absolute Gasteiger partial charge is 0.338 e. The second kappa shape index (κ2) is 8.98. The number of hydrogen-bond acceptors (Lipinski definition) is 3. The minimum absolute atomic E-state index is 0.228. The maximum atomic E-state index is 11.7. The maximum Gasteiger partial charge on any atom is 0.338 e. The van der Waals surface area contributed by atoms with Crippen LogP contribution in [0.3, 0.4) is 0 Å². The van der Waals surface area contributed by atoms with Crippen molar-refractivity contribution >= 4 is 12.0 Å². The van der Waals surface area contributed by atoms with E-state index in [0.717, 1.165) is 5.56 Å². The number of nitrogens with one attached hydrogen (secondary N) is 2. The molecule has 0 saturated heterocycles. The van der Waals surface area contributed by atoms with Crippen LogP contribution in [-0.4, -0.2) is 18.6 Å². The molecule has 0 bridgehead atoms. The van der Waals surface area contributed by atoms with Crippen molar-refractivity contribution in [1.82, 2.24) is 10.6 Å². The summed E-state index contributed by atoms with van der Waals surface area (Å²) in [6, 6.07) is 6.79. The zero-order chi connectivity index (χ0) is 16.5. The first-order valence-corrected chi connectivity index (χ1v) is 8.16. The molecule has 2 amide bonds. The largest absolute Gasteiger partial charge is 0.462 e. The number of allylic oxidation sites excluding steroid dienone is 1. The molecule has 1 fully saturated rings. The maximum absolute atomic E-state index is 11.7. The lowest BCUT2D eigenvalue weighted by Gasteiger charge is -2.07. The zero-order valence-corrected chi connectivity index (χ0v) is 13.5. The molecule has 1 aromatic carbocycles. The summed E-state index contributed by atoms with van der Waals surface area (Å²) in [7, 11) is 0. The van der Waals surface area contributed by atoms with E-state index < -0.39 is 0 Å². The highest BCUT2D eigenvalue weighted by Gasteiger charge is 2.11. The molecule has 5 nitrogen and oxygen atoms in total. The Balaban J connectivity index is 1.72. The van der Waals surface area contributed by atoms with E-state index in [1.54, 1.807) is 37.4 Å². The Morgan fingerprint density at radius 3 is 2.57 bits per heavy atom. The van der Waals surface area contributed by atoms with Crippen molar-refractivity contribution in [2.75, 3.05) is 6.61 Å². The zero-order valence-electron chi connectivity index (χ0n) is 13.5. The summed E-state index contributed by atoms with van der Waals surface area (Å²) in [5, 5.41) is 5.50. The first kappa shape index (κ1) is 17.1.